The summed E-state index contributed by atoms with van der Waals surface area (Å²) in [5, 5.41) is 11.6. The third-order valence-electron chi connectivity index (χ3n) is 3.79. The zero-order chi connectivity index (χ0) is 18.7. The Morgan fingerprint density at radius 3 is 2.62 bits per heavy atom. The number of alkyl carbamates (subject to hydrolysis) is 1. The monoisotopic (exact) mass is 350 g/mol. The fourth-order valence-electron chi connectivity index (χ4n) is 2.63. The van der Waals surface area contributed by atoms with E-state index in [1.54, 1.807) is 27.0 Å². The Kier molecular flexibility index (Phi) is 4.75. The van der Waals surface area contributed by atoms with Crippen LogP contribution in [0.5, 0.6) is 0 Å². The molecule has 0 aliphatic carbocycles. The van der Waals surface area contributed by atoms with Gasteiger partial charge in [-0.25, -0.2) is 4.79 Å². The highest BCUT2D eigenvalue weighted by Gasteiger charge is 2.17. The normalized spacial score (nSPS) is 11.3. The number of ether oxygens (including phenoxy) is 1. The van der Waals surface area contributed by atoms with Crippen LogP contribution in [0, 0.1) is 5.41 Å². The topological polar surface area (TPSA) is 80.0 Å². The number of hydrogen-bond donors (Lipinski definition) is 2. The molecule has 0 saturated carbocycles. The smallest absolute Gasteiger partial charge is 0.413 e. The van der Waals surface area contributed by atoms with Gasteiger partial charge in [0.05, 0.1) is 5.52 Å². The third-order valence-corrected chi connectivity index (χ3v) is 3.79. The van der Waals surface area contributed by atoms with Gasteiger partial charge >= 0.3 is 6.09 Å². The summed E-state index contributed by atoms with van der Waals surface area (Å²) in [6, 6.07) is 11.6. The van der Waals surface area contributed by atoms with E-state index >= 15 is 0 Å². The number of fused-ring (bicyclic) bond motifs is 1. The van der Waals surface area contributed by atoms with Crippen LogP contribution < -0.4 is 5.32 Å². The fourth-order valence-corrected chi connectivity index (χ4v) is 2.63. The van der Waals surface area contributed by atoms with Crippen molar-refractivity contribution in [1.82, 2.24) is 14.9 Å². The van der Waals surface area contributed by atoms with Crippen LogP contribution in [0.2, 0.25) is 0 Å². The minimum absolute atomic E-state index is 0.0169. The SMILES string of the molecule is CC(C)(C)OC(=O)NC(=N)c1ccc(Cn2ccc3cnccc32)cc1. The van der Waals surface area contributed by atoms with Gasteiger partial charge in [0.15, 0.2) is 0 Å². The van der Waals surface area contributed by atoms with Crippen molar-refractivity contribution in [2.24, 2.45) is 0 Å². The Bertz CT molecular complexity index is 936. The molecule has 6 nitrogen and oxygen atoms in total. The number of hydrogen-bond acceptors (Lipinski definition) is 4. The average molecular weight is 350 g/mol. The molecule has 3 rings (SSSR count). The van der Waals surface area contributed by atoms with Gasteiger partial charge in [-0.15, -0.1) is 0 Å². The molecule has 0 aliphatic rings. The van der Waals surface area contributed by atoms with E-state index in [2.05, 4.69) is 14.9 Å². The van der Waals surface area contributed by atoms with Gasteiger partial charge in [0.25, 0.3) is 0 Å². The van der Waals surface area contributed by atoms with Crippen LogP contribution in [-0.4, -0.2) is 27.1 Å². The molecule has 1 aromatic carbocycles. The van der Waals surface area contributed by atoms with E-state index in [1.807, 2.05) is 48.8 Å². The summed E-state index contributed by atoms with van der Waals surface area (Å²) < 4.78 is 7.31. The molecule has 2 N–H and O–H groups in total. The second-order valence-corrected chi connectivity index (χ2v) is 7.08. The van der Waals surface area contributed by atoms with E-state index in [0.29, 0.717) is 5.56 Å². The number of carbonyl (C=O) groups is 1. The van der Waals surface area contributed by atoms with Crippen LogP contribution in [0.4, 0.5) is 4.79 Å². The largest absolute Gasteiger partial charge is 0.444 e. The Morgan fingerprint density at radius 1 is 1.19 bits per heavy atom. The molecule has 0 radical (unpaired) electrons. The number of carbonyl (C=O) groups excluding carboxylic acids is 1. The molecule has 26 heavy (non-hydrogen) atoms. The van der Waals surface area contributed by atoms with Gasteiger partial charge in [-0.2, -0.15) is 0 Å². The quantitative estimate of drug-likeness (QED) is 0.555. The van der Waals surface area contributed by atoms with E-state index in [1.165, 1.54) is 0 Å². The number of nitrogens with zero attached hydrogens (tertiary/aromatic N) is 2. The second-order valence-electron chi connectivity index (χ2n) is 7.08. The molecular formula is C20H22N4O2. The van der Waals surface area contributed by atoms with Crippen molar-refractivity contribution in [3.05, 3.63) is 66.1 Å². The Balaban J connectivity index is 1.66. The number of aromatic nitrogens is 2. The van der Waals surface area contributed by atoms with E-state index in [0.717, 1.165) is 23.0 Å². The number of amidine groups is 1. The highest BCUT2D eigenvalue weighted by molar-refractivity contribution is 6.04. The molecule has 0 atom stereocenters. The number of nitrogens with one attached hydrogen (secondary N) is 2. The molecule has 2 aromatic heterocycles. The van der Waals surface area contributed by atoms with Gasteiger partial charge in [0.2, 0.25) is 0 Å². The van der Waals surface area contributed by atoms with E-state index in [-0.39, 0.29) is 5.84 Å². The lowest BCUT2D eigenvalue weighted by Crippen LogP contribution is -2.36. The maximum Gasteiger partial charge on any atom is 0.413 e. The lowest BCUT2D eigenvalue weighted by atomic mass is 10.1. The van der Waals surface area contributed by atoms with Crippen molar-refractivity contribution < 1.29 is 9.53 Å². The molecule has 0 aliphatic heterocycles. The van der Waals surface area contributed by atoms with Gasteiger partial charge in [-0.3, -0.25) is 15.7 Å². The Morgan fingerprint density at radius 2 is 1.92 bits per heavy atom. The number of pyridine rings is 1. The van der Waals surface area contributed by atoms with E-state index in [9.17, 15) is 4.79 Å². The summed E-state index contributed by atoms with van der Waals surface area (Å²) in [7, 11) is 0. The van der Waals surface area contributed by atoms with Crippen molar-refractivity contribution in [2.75, 3.05) is 0 Å². The molecule has 2 heterocycles. The predicted octanol–water partition coefficient (Wildman–Crippen LogP) is 3.93. The second kappa shape index (κ2) is 7.00. The maximum atomic E-state index is 11.8. The van der Waals surface area contributed by atoms with Crippen LogP contribution in [0.25, 0.3) is 10.9 Å². The summed E-state index contributed by atoms with van der Waals surface area (Å²) in [6.07, 6.45) is 5.04. The minimum Gasteiger partial charge on any atom is -0.444 e. The van der Waals surface area contributed by atoms with Gasteiger partial charge in [0.1, 0.15) is 11.4 Å². The summed E-state index contributed by atoms with van der Waals surface area (Å²) in [5.74, 6) is 0.0169. The highest BCUT2D eigenvalue weighted by Crippen LogP contribution is 2.16. The molecular weight excluding hydrogens is 328 g/mol. The number of amides is 1. The van der Waals surface area contributed by atoms with E-state index < -0.39 is 11.7 Å². The standard InChI is InChI=1S/C20H22N4O2/c1-20(2,3)26-19(25)23-18(21)15-6-4-14(5-7-15)13-24-11-9-16-12-22-10-8-17(16)24/h4-12H,13H2,1-3H3,(H2,21,23,25). The molecule has 134 valence electrons. The molecule has 0 saturated heterocycles. The van der Waals surface area contributed by atoms with E-state index in [4.69, 9.17) is 10.1 Å². The van der Waals surface area contributed by atoms with Crippen molar-refractivity contribution in [3.8, 4) is 0 Å². The minimum atomic E-state index is -0.626. The van der Waals surface area contributed by atoms with Crippen molar-refractivity contribution >= 4 is 22.8 Å². The zero-order valence-corrected chi connectivity index (χ0v) is 15.1. The van der Waals surface area contributed by atoms with Gasteiger partial charge in [0, 0.05) is 36.1 Å². The van der Waals surface area contributed by atoms with Crippen molar-refractivity contribution in [2.45, 2.75) is 32.9 Å². The predicted molar refractivity (Wildman–Crippen MR) is 101 cm³/mol. The van der Waals surface area contributed by atoms with Crippen LogP contribution in [-0.2, 0) is 11.3 Å². The zero-order valence-electron chi connectivity index (χ0n) is 15.1. The van der Waals surface area contributed by atoms with Crippen LogP contribution >= 0.6 is 0 Å². The first kappa shape index (κ1) is 17.7. The molecule has 0 fully saturated rings. The van der Waals surface area contributed by atoms with Crippen LogP contribution in [0.15, 0.2) is 55.0 Å². The van der Waals surface area contributed by atoms with Gasteiger partial charge < -0.3 is 9.30 Å². The summed E-state index contributed by atoms with van der Waals surface area (Å²) >= 11 is 0. The molecule has 0 unspecified atom stereocenters. The molecule has 3 aromatic rings. The summed E-state index contributed by atoms with van der Waals surface area (Å²) in [4.78, 5) is 15.9. The van der Waals surface area contributed by atoms with Gasteiger partial charge in [-0.1, -0.05) is 24.3 Å². The lowest BCUT2D eigenvalue weighted by molar-refractivity contribution is 0.0563. The third kappa shape index (κ3) is 4.27. The molecule has 0 spiro atoms. The summed E-state index contributed by atoms with van der Waals surface area (Å²) in [6.45, 7) is 6.07. The van der Waals surface area contributed by atoms with Crippen LogP contribution in [0.3, 0.4) is 0 Å². The Labute approximate surface area is 152 Å². The van der Waals surface area contributed by atoms with Gasteiger partial charge in [-0.05, 0) is 38.5 Å². The lowest BCUT2D eigenvalue weighted by Gasteiger charge is -2.19. The molecule has 6 heteroatoms. The summed E-state index contributed by atoms with van der Waals surface area (Å²) in [5.41, 5.74) is 2.27. The maximum absolute atomic E-state index is 11.8. The fraction of sp³-hybridized carbons (Fsp3) is 0.250. The average Bonchev–Trinajstić information content (AvgIpc) is 2.97. The number of benzene rings is 1. The first-order valence-electron chi connectivity index (χ1n) is 8.38. The van der Waals surface area contributed by atoms with Crippen molar-refractivity contribution in [3.63, 3.8) is 0 Å². The van der Waals surface area contributed by atoms with Crippen molar-refractivity contribution in [1.29, 1.82) is 5.41 Å². The van der Waals surface area contributed by atoms with Crippen LogP contribution in [0.1, 0.15) is 31.9 Å². The first-order valence-corrected chi connectivity index (χ1v) is 8.38. The first-order chi connectivity index (χ1) is 12.3. The molecule has 1 amide bonds. The molecule has 0 bridgehead atoms. The highest BCUT2D eigenvalue weighted by atomic mass is 16.6. The Hall–Kier alpha value is -3.15. The number of rotatable bonds is 3.